The Morgan fingerprint density at radius 2 is 2.17 bits per heavy atom. The van der Waals surface area contributed by atoms with Crippen LogP contribution in [0.1, 0.15) is 30.4 Å². The SMILES string of the molecule is I.NC(=NCc1cccc(C(F)(F)F)c1)NC1CC2OCCCC12. The van der Waals surface area contributed by atoms with Crippen molar-refractivity contribution in [3.8, 4) is 0 Å². The third kappa shape index (κ3) is 4.53. The van der Waals surface area contributed by atoms with Crippen molar-refractivity contribution in [2.75, 3.05) is 6.61 Å². The lowest BCUT2D eigenvalue weighted by Gasteiger charge is -2.47. The topological polar surface area (TPSA) is 59.6 Å². The molecular weight excluding hydrogens is 434 g/mol. The van der Waals surface area contributed by atoms with Crippen LogP contribution in [0, 0.1) is 5.92 Å². The van der Waals surface area contributed by atoms with Crippen LogP contribution in [0.3, 0.4) is 0 Å². The number of fused-ring (bicyclic) bond motifs is 1. The summed E-state index contributed by atoms with van der Waals surface area (Å²) in [5.41, 5.74) is 5.67. The normalized spacial score (nSPS) is 26.8. The van der Waals surface area contributed by atoms with E-state index >= 15 is 0 Å². The minimum atomic E-state index is -4.34. The highest BCUT2D eigenvalue weighted by Crippen LogP contribution is 2.37. The summed E-state index contributed by atoms with van der Waals surface area (Å²) in [5.74, 6) is 0.738. The Balaban J connectivity index is 0.00000208. The van der Waals surface area contributed by atoms with Crippen LogP contribution in [-0.4, -0.2) is 24.7 Å². The van der Waals surface area contributed by atoms with Crippen LogP contribution in [0.4, 0.5) is 13.2 Å². The van der Waals surface area contributed by atoms with Crippen molar-refractivity contribution < 1.29 is 17.9 Å². The van der Waals surface area contributed by atoms with E-state index in [1.807, 2.05) is 0 Å². The van der Waals surface area contributed by atoms with E-state index in [0.717, 1.165) is 38.0 Å². The third-order valence-electron chi connectivity index (χ3n) is 4.51. The average molecular weight is 455 g/mol. The number of nitrogens with zero attached hydrogens (tertiary/aromatic N) is 1. The van der Waals surface area contributed by atoms with Gasteiger partial charge < -0.3 is 15.8 Å². The van der Waals surface area contributed by atoms with Gasteiger partial charge in [0.2, 0.25) is 0 Å². The molecule has 1 saturated heterocycles. The van der Waals surface area contributed by atoms with E-state index in [9.17, 15) is 13.2 Å². The van der Waals surface area contributed by atoms with E-state index < -0.39 is 11.7 Å². The number of rotatable bonds is 3. The zero-order valence-corrected chi connectivity index (χ0v) is 15.4. The molecule has 134 valence electrons. The van der Waals surface area contributed by atoms with Gasteiger partial charge >= 0.3 is 6.18 Å². The fourth-order valence-electron chi connectivity index (χ4n) is 3.22. The summed E-state index contributed by atoms with van der Waals surface area (Å²) < 4.78 is 43.6. The maximum atomic E-state index is 12.7. The van der Waals surface area contributed by atoms with Crippen molar-refractivity contribution in [2.24, 2.45) is 16.6 Å². The van der Waals surface area contributed by atoms with Crippen LogP contribution >= 0.6 is 24.0 Å². The zero-order valence-electron chi connectivity index (χ0n) is 13.1. The molecule has 8 heteroatoms. The van der Waals surface area contributed by atoms with Gasteiger partial charge in [0.05, 0.1) is 18.2 Å². The first-order valence-electron chi connectivity index (χ1n) is 7.77. The Bertz CT molecular complexity index is 594. The summed E-state index contributed by atoms with van der Waals surface area (Å²) in [5, 5.41) is 3.16. The monoisotopic (exact) mass is 455 g/mol. The quantitative estimate of drug-likeness (QED) is 0.418. The Hall–Kier alpha value is -1.03. The number of aliphatic imine (C=N–C) groups is 1. The van der Waals surface area contributed by atoms with Crippen molar-refractivity contribution >= 4 is 29.9 Å². The molecule has 1 heterocycles. The standard InChI is InChI=1S/C16H20F3N3O.HI/c17-16(18,19)11-4-1-3-10(7-11)9-21-15(20)22-13-8-14-12(13)5-2-6-23-14;/h1,3-4,7,12-14H,2,5-6,8-9H2,(H3,20,21,22);1H. The molecule has 3 atom stereocenters. The third-order valence-corrected chi connectivity index (χ3v) is 4.51. The maximum Gasteiger partial charge on any atom is 0.416 e. The molecule has 2 aliphatic rings. The molecule has 3 unspecified atom stereocenters. The van der Waals surface area contributed by atoms with E-state index in [2.05, 4.69) is 10.3 Å². The van der Waals surface area contributed by atoms with Gasteiger partial charge in [0, 0.05) is 18.6 Å². The smallest absolute Gasteiger partial charge is 0.378 e. The van der Waals surface area contributed by atoms with Crippen molar-refractivity contribution in [2.45, 2.75) is 44.1 Å². The lowest BCUT2D eigenvalue weighted by atomic mass is 9.72. The number of nitrogens with one attached hydrogen (secondary N) is 1. The van der Waals surface area contributed by atoms with Crippen LogP contribution < -0.4 is 11.1 Å². The average Bonchev–Trinajstić information content (AvgIpc) is 2.50. The van der Waals surface area contributed by atoms with Crippen LogP contribution in [0.5, 0.6) is 0 Å². The largest absolute Gasteiger partial charge is 0.416 e. The molecule has 1 aliphatic carbocycles. The highest BCUT2D eigenvalue weighted by Gasteiger charge is 2.43. The second kappa shape index (κ2) is 7.90. The molecule has 24 heavy (non-hydrogen) atoms. The second-order valence-corrected chi connectivity index (χ2v) is 6.10. The number of hydrogen-bond acceptors (Lipinski definition) is 2. The summed E-state index contributed by atoms with van der Waals surface area (Å²) in [7, 11) is 0. The van der Waals surface area contributed by atoms with Gasteiger partial charge in [-0.05, 0) is 37.0 Å². The summed E-state index contributed by atoms with van der Waals surface area (Å²) in [6, 6.07) is 5.40. The number of hydrogen-bond donors (Lipinski definition) is 2. The van der Waals surface area contributed by atoms with Crippen LogP contribution in [0.15, 0.2) is 29.3 Å². The predicted octanol–water partition coefficient (Wildman–Crippen LogP) is 3.30. The van der Waals surface area contributed by atoms with E-state index in [-0.39, 0.29) is 42.5 Å². The van der Waals surface area contributed by atoms with Crippen LogP contribution in [0.2, 0.25) is 0 Å². The first kappa shape index (κ1) is 19.3. The van der Waals surface area contributed by atoms with E-state index in [0.29, 0.717) is 17.6 Å². The van der Waals surface area contributed by atoms with Gasteiger partial charge in [0.1, 0.15) is 0 Å². The Morgan fingerprint density at radius 3 is 2.88 bits per heavy atom. The molecule has 1 saturated carbocycles. The van der Waals surface area contributed by atoms with Gasteiger partial charge in [-0.3, -0.25) is 0 Å². The lowest BCUT2D eigenvalue weighted by molar-refractivity contribution is -0.137. The molecular formula is C16H21F3IN3O. The van der Waals surface area contributed by atoms with Crippen molar-refractivity contribution in [1.82, 2.24) is 5.32 Å². The first-order chi connectivity index (χ1) is 10.9. The fraction of sp³-hybridized carbons (Fsp3) is 0.562. The highest BCUT2D eigenvalue weighted by atomic mass is 127. The minimum absolute atomic E-state index is 0. The summed E-state index contributed by atoms with van der Waals surface area (Å²) in [6.07, 6.45) is -0.947. The lowest BCUT2D eigenvalue weighted by Crippen LogP contribution is -2.59. The van der Waals surface area contributed by atoms with Crippen molar-refractivity contribution in [3.05, 3.63) is 35.4 Å². The summed E-state index contributed by atoms with van der Waals surface area (Å²) >= 11 is 0. The molecule has 4 nitrogen and oxygen atoms in total. The fourth-order valence-corrected chi connectivity index (χ4v) is 3.22. The molecule has 0 bridgehead atoms. The Labute approximate surface area is 156 Å². The summed E-state index contributed by atoms with van der Waals surface area (Å²) in [4.78, 5) is 4.15. The number of guanidine groups is 1. The molecule has 3 rings (SSSR count). The van der Waals surface area contributed by atoms with Gasteiger partial charge in [-0.2, -0.15) is 13.2 Å². The Kier molecular flexibility index (Phi) is 6.35. The number of halogens is 4. The van der Waals surface area contributed by atoms with Gasteiger partial charge in [-0.1, -0.05) is 12.1 Å². The van der Waals surface area contributed by atoms with Crippen molar-refractivity contribution in [3.63, 3.8) is 0 Å². The second-order valence-electron chi connectivity index (χ2n) is 6.10. The maximum absolute atomic E-state index is 12.7. The molecule has 1 aliphatic heterocycles. The summed E-state index contributed by atoms with van der Waals surface area (Å²) in [6.45, 7) is 0.951. The number of alkyl halides is 3. The first-order valence-corrected chi connectivity index (χ1v) is 7.77. The van der Waals surface area contributed by atoms with E-state index in [1.165, 1.54) is 6.07 Å². The van der Waals surface area contributed by atoms with Gasteiger partial charge in [-0.25, -0.2) is 4.99 Å². The minimum Gasteiger partial charge on any atom is -0.378 e. The van der Waals surface area contributed by atoms with E-state index in [4.69, 9.17) is 10.5 Å². The number of nitrogens with two attached hydrogens (primary N) is 1. The molecule has 2 fully saturated rings. The molecule has 0 spiro atoms. The molecule has 3 N–H and O–H groups in total. The van der Waals surface area contributed by atoms with Crippen LogP contribution in [0.25, 0.3) is 0 Å². The molecule has 1 aromatic rings. The molecule has 0 radical (unpaired) electrons. The van der Waals surface area contributed by atoms with Gasteiger partial charge in [0.25, 0.3) is 0 Å². The molecule has 0 amide bonds. The van der Waals surface area contributed by atoms with Crippen LogP contribution in [-0.2, 0) is 17.5 Å². The van der Waals surface area contributed by atoms with E-state index in [1.54, 1.807) is 6.07 Å². The predicted molar refractivity (Wildman–Crippen MR) is 96.2 cm³/mol. The van der Waals surface area contributed by atoms with Gasteiger partial charge in [-0.15, -0.1) is 24.0 Å². The Morgan fingerprint density at radius 1 is 1.38 bits per heavy atom. The molecule has 1 aromatic carbocycles. The number of ether oxygens (including phenoxy) is 1. The van der Waals surface area contributed by atoms with Crippen molar-refractivity contribution in [1.29, 1.82) is 0 Å². The number of benzene rings is 1. The highest BCUT2D eigenvalue weighted by molar-refractivity contribution is 14.0. The molecule has 0 aromatic heterocycles. The zero-order chi connectivity index (χ0) is 16.4. The van der Waals surface area contributed by atoms with Gasteiger partial charge in [0.15, 0.2) is 5.96 Å².